The summed E-state index contributed by atoms with van der Waals surface area (Å²) in [5.74, 6) is 2.12. The lowest BCUT2D eigenvalue weighted by molar-refractivity contribution is 0.0946. The van der Waals surface area contributed by atoms with Gasteiger partial charge in [-0.2, -0.15) is 0 Å². The highest BCUT2D eigenvalue weighted by Gasteiger charge is 2.24. The molecular weight excluding hydrogens is 438 g/mol. The predicted molar refractivity (Wildman–Crippen MR) is 140 cm³/mol. The molecular formula is C29H35N3O3. The van der Waals surface area contributed by atoms with Gasteiger partial charge in [0.25, 0.3) is 5.91 Å². The van der Waals surface area contributed by atoms with Gasteiger partial charge in [-0.3, -0.25) is 9.69 Å². The smallest absolute Gasteiger partial charge is 0.251 e. The molecule has 0 radical (unpaired) electrons. The molecule has 1 amide bonds. The summed E-state index contributed by atoms with van der Waals surface area (Å²) in [6.07, 6.45) is 1.03. The first kappa shape index (κ1) is 24.6. The average Bonchev–Trinajstić information content (AvgIpc) is 2.87. The Kier molecular flexibility index (Phi) is 8.27. The van der Waals surface area contributed by atoms with Crippen molar-refractivity contribution in [1.82, 2.24) is 10.2 Å². The van der Waals surface area contributed by atoms with E-state index in [9.17, 15) is 9.90 Å². The van der Waals surface area contributed by atoms with Crippen LogP contribution in [0.1, 0.15) is 30.6 Å². The van der Waals surface area contributed by atoms with Crippen molar-refractivity contribution in [2.45, 2.75) is 26.3 Å². The number of carbonyl (C=O) groups is 1. The molecule has 2 atom stereocenters. The van der Waals surface area contributed by atoms with E-state index in [0.29, 0.717) is 35.6 Å². The van der Waals surface area contributed by atoms with Gasteiger partial charge in [0.2, 0.25) is 0 Å². The van der Waals surface area contributed by atoms with Crippen LogP contribution in [0, 0.1) is 5.92 Å². The van der Waals surface area contributed by atoms with E-state index in [4.69, 9.17) is 4.74 Å². The van der Waals surface area contributed by atoms with Gasteiger partial charge in [0.05, 0.1) is 0 Å². The van der Waals surface area contributed by atoms with Crippen LogP contribution in [0.25, 0.3) is 0 Å². The number of rotatable bonds is 9. The first-order valence-electron chi connectivity index (χ1n) is 12.4. The van der Waals surface area contributed by atoms with E-state index in [1.54, 1.807) is 18.2 Å². The molecule has 1 aliphatic heterocycles. The number of benzene rings is 3. The number of nitrogens with zero attached hydrogens (tertiary/aromatic N) is 2. The van der Waals surface area contributed by atoms with E-state index >= 15 is 0 Å². The number of hydrogen-bond donors (Lipinski definition) is 2. The van der Waals surface area contributed by atoms with Gasteiger partial charge in [-0.25, -0.2) is 0 Å². The molecule has 4 rings (SSSR count). The normalized spacial score (nSPS) is 17.1. The highest BCUT2D eigenvalue weighted by Crippen LogP contribution is 2.24. The summed E-state index contributed by atoms with van der Waals surface area (Å²) >= 11 is 0. The zero-order valence-corrected chi connectivity index (χ0v) is 20.6. The van der Waals surface area contributed by atoms with Gasteiger partial charge in [0.1, 0.15) is 17.2 Å². The number of phenolic OH excluding ortho intramolecular Hbond substituents is 1. The number of ether oxygens (including phenoxy) is 1. The number of nitrogens with one attached hydrogen (secondary N) is 1. The Balaban J connectivity index is 1.17. The summed E-state index contributed by atoms with van der Waals surface area (Å²) in [7, 11) is 0. The van der Waals surface area contributed by atoms with Gasteiger partial charge in [-0.1, -0.05) is 31.2 Å². The molecule has 0 aliphatic carbocycles. The standard InChI is InChI=1S/C29H35N3O3/c1-22(15-16-31-17-18-32(23(2)21-31)25-7-6-8-26(33)19-25)20-30-29(34)24-11-13-28(14-12-24)35-27-9-4-3-5-10-27/h3-14,19,22-23,33H,15-18,20-21H2,1-2H3,(H,30,34)/t22?,23-/m0/s1. The third-order valence-electron chi connectivity index (χ3n) is 6.52. The van der Waals surface area contributed by atoms with Crippen molar-refractivity contribution in [2.24, 2.45) is 5.92 Å². The highest BCUT2D eigenvalue weighted by atomic mass is 16.5. The molecule has 1 saturated heterocycles. The third-order valence-corrected chi connectivity index (χ3v) is 6.52. The zero-order chi connectivity index (χ0) is 24.6. The van der Waals surface area contributed by atoms with Crippen LogP contribution in [0.3, 0.4) is 0 Å². The Labute approximate surface area is 208 Å². The van der Waals surface area contributed by atoms with Gasteiger partial charge >= 0.3 is 0 Å². The molecule has 1 fully saturated rings. The maximum atomic E-state index is 12.6. The van der Waals surface area contributed by atoms with Crippen molar-refractivity contribution in [1.29, 1.82) is 0 Å². The van der Waals surface area contributed by atoms with Crippen LogP contribution in [0.5, 0.6) is 17.2 Å². The predicted octanol–water partition coefficient (Wildman–Crippen LogP) is 5.15. The van der Waals surface area contributed by atoms with E-state index < -0.39 is 0 Å². The summed E-state index contributed by atoms with van der Waals surface area (Å²) in [4.78, 5) is 17.4. The number of piperazine rings is 1. The Bertz CT molecular complexity index is 1090. The van der Waals surface area contributed by atoms with Gasteiger partial charge in [0, 0.05) is 49.5 Å². The van der Waals surface area contributed by atoms with Crippen LogP contribution in [0.2, 0.25) is 0 Å². The molecule has 1 heterocycles. The maximum absolute atomic E-state index is 12.6. The summed E-state index contributed by atoms with van der Waals surface area (Å²) in [6, 6.07) is 24.7. The molecule has 3 aromatic carbocycles. The van der Waals surface area contributed by atoms with Crippen molar-refractivity contribution < 1.29 is 14.6 Å². The van der Waals surface area contributed by atoms with Crippen molar-refractivity contribution in [2.75, 3.05) is 37.6 Å². The van der Waals surface area contributed by atoms with E-state index in [0.717, 1.165) is 44.0 Å². The van der Waals surface area contributed by atoms with Gasteiger partial charge in [-0.05, 0) is 74.3 Å². The van der Waals surface area contributed by atoms with Crippen LogP contribution in [-0.2, 0) is 0 Å². The van der Waals surface area contributed by atoms with E-state index in [1.807, 2.05) is 54.6 Å². The topological polar surface area (TPSA) is 65.0 Å². The Morgan fingerprint density at radius 2 is 1.77 bits per heavy atom. The Morgan fingerprint density at radius 1 is 1.03 bits per heavy atom. The third kappa shape index (κ3) is 6.99. The fourth-order valence-corrected chi connectivity index (χ4v) is 4.46. The Morgan fingerprint density at radius 3 is 2.49 bits per heavy atom. The van der Waals surface area contributed by atoms with Gasteiger partial charge in [0.15, 0.2) is 0 Å². The maximum Gasteiger partial charge on any atom is 0.251 e. The molecule has 3 aromatic rings. The molecule has 0 saturated carbocycles. The molecule has 0 bridgehead atoms. The summed E-state index contributed by atoms with van der Waals surface area (Å²) in [5.41, 5.74) is 1.71. The first-order valence-corrected chi connectivity index (χ1v) is 12.4. The minimum absolute atomic E-state index is 0.0588. The number of anilines is 1. The molecule has 6 heteroatoms. The van der Waals surface area contributed by atoms with Crippen LogP contribution in [0.4, 0.5) is 5.69 Å². The van der Waals surface area contributed by atoms with E-state index in [2.05, 4.69) is 35.0 Å². The molecule has 1 aliphatic rings. The van der Waals surface area contributed by atoms with Crippen LogP contribution >= 0.6 is 0 Å². The van der Waals surface area contributed by atoms with Gasteiger partial charge in [-0.15, -0.1) is 0 Å². The monoisotopic (exact) mass is 473 g/mol. The zero-order valence-electron chi connectivity index (χ0n) is 20.6. The average molecular weight is 474 g/mol. The van der Waals surface area contributed by atoms with Crippen molar-refractivity contribution in [3.05, 3.63) is 84.4 Å². The second kappa shape index (κ2) is 11.8. The van der Waals surface area contributed by atoms with Crippen molar-refractivity contribution >= 4 is 11.6 Å². The SMILES string of the molecule is CC(CCN1CCN(c2cccc(O)c2)[C@@H](C)C1)CNC(=O)c1ccc(Oc2ccccc2)cc1. The number of amides is 1. The van der Waals surface area contributed by atoms with Crippen molar-refractivity contribution in [3.63, 3.8) is 0 Å². The molecule has 0 spiro atoms. The molecule has 6 nitrogen and oxygen atoms in total. The lowest BCUT2D eigenvalue weighted by atomic mass is 10.1. The second-order valence-electron chi connectivity index (χ2n) is 9.41. The summed E-state index contributed by atoms with van der Waals surface area (Å²) < 4.78 is 5.79. The molecule has 35 heavy (non-hydrogen) atoms. The number of phenols is 1. The number of hydrogen-bond acceptors (Lipinski definition) is 5. The molecule has 2 N–H and O–H groups in total. The van der Waals surface area contributed by atoms with Crippen LogP contribution < -0.4 is 15.0 Å². The number of carbonyl (C=O) groups excluding carboxylic acids is 1. The van der Waals surface area contributed by atoms with Crippen LogP contribution in [0.15, 0.2) is 78.9 Å². The largest absolute Gasteiger partial charge is 0.508 e. The molecule has 1 unspecified atom stereocenters. The summed E-state index contributed by atoms with van der Waals surface area (Å²) in [5, 5.41) is 12.9. The lowest BCUT2D eigenvalue weighted by Gasteiger charge is -2.41. The quantitative estimate of drug-likeness (QED) is 0.450. The van der Waals surface area contributed by atoms with E-state index in [1.165, 1.54) is 0 Å². The summed E-state index contributed by atoms with van der Waals surface area (Å²) in [6.45, 7) is 9.02. The minimum Gasteiger partial charge on any atom is -0.508 e. The number of para-hydroxylation sites is 1. The first-order chi connectivity index (χ1) is 17.0. The fraction of sp³-hybridized carbons (Fsp3) is 0.345. The lowest BCUT2D eigenvalue weighted by Crippen LogP contribution is -2.52. The van der Waals surface area contributed by atoms with Crippen LogP contribution in [-0.4, -0.2) is 54.7 Å². The fourth-order valence-electron chi connectivity index (χ4n) is 4.46. The molecule has 0 aromatic heterocycles. The number of aromatic hydroxyl groups is 1. The second-order valence-corrected chi connectivity index (χ2v) is 9.41. The Hall–Kier alpha value is -3.51. The van der Waals surface area contributed by atoms with Crippen molar-refractivity contribution in [3.8, 4) is 17.2 Å². The molecule has 184 valence electrons. The minimum atomic E-state index is -0.0588. The van der Waals surface area contributed by atoms with E-state index in [-0.39, 0.29) is 5.91 Å². The highest BCUT2D eigenvalue weighted by molar-refractivity contribution is 5.94. The van der Waals surface area contributed by atoms with Gasteiger partial charge < -0.3 is 20.1 Å².